The van der Waals surface area contributed by atoms with Gasteiger partial charge in [-0.1, -0.05) is 41.9 Å². The Kier molecular flexibility index (Phi) is 5.18. The smallest absolute Gasteiger partial charge is 0.207 e. The molecule has 0 heterocycles. The highest BCUT2D eigenvalue weighted by Crippen LogP contribution is 2.29. The molecule has 0 saturated carbocycles. The lowest BCUT2D eigenvalue weighted by Gasteiger charge is -2.23. The summed E-state index contributed by atoms with van der Waals surface area (Å²) in [6.07, 6.45) is 0. The van der Waals surface area contributed by atoms with E-state index in [1.165, 1.54) is 38.4 Å². The first kappa shape index (κ1) is 16.9. The second kappa shape index (κ2) is 6.75. The molecule has 0 bridgehead atoms. The predicted octanol–water partition coefficient (Wildman–Crippen LogP) is 2.96. The fourth-order valence-electron chi connectivity index (χ4n) is 1.93. The normalized spacial score (nSPS) is 13.3. The Hall–Kier alpha value is -1.47. The average molecular weight is 343 g/mol. The number of benzene rings is 2. The van der Waals surface area contributed by atoms with Crippen molar-refractivity contribution in [1.82, 2.24) is 9.03 Å². The molecule has 2 aromatic rings. The summed E-state index contributed by atoms with van der Waals surface area (Å²) < 4.78 is 41.1. The SMILES string of the molecule is CN(C)S(=O)(=O)NC(c1ccc(F)cc1)c1ccccc1Cl. The summed E-state index contributed by atoms with van der Waals surface area (Å²) in [6.45, 7) is 0. The van der Waals surface area contributed by atoms with Gasteiger partial charge in [-0.05, 0) is 29.3 Å². The van der Waals surface area contributed by atoms with Crippen LogP contribution in [0, 0.1) is 5.82 Å². The summed E-state index contributed by atoms with van der Waals surface area (Å²) in [6, 6.07) is 11.8. The van der Waals surface area contributed by atoms with Crippen LogP contribution in [0.2, 0.25) is 5.02 Å². The van der Waals surface area contributed by atoms with Gasteiger partial charge in [-0.15, -0.1) is 0 Å². The van der Waals surface area contributed by atoms with Gasteiger partial charge in [0.2, 0.25) is 0 Å². The summed E-state index contributed by atoms with van der Waals surface area (Å²) in [4.78, 5) is 0. The Balaban J connectivity index is 2.50. The molecule has 0 aliphatic heterocycles. The van der Waals surface area contributed by atoms with E-state index in [0.29, 0.717) is 16.1 Å². The lowest BCUT2D eigenvalue weighted by Crippen LogP contribution is -2.38. The minimum Gasteiger partial charge on any atom is -0.207 e. The predicted molar refractivity (Wildman–Crippen MR) is 85.4 cm³/mol. The van der Waals surface area contributed by atoms with Crippen molar-refractivity contribution in [2.75, 3.05) is 14.1 Å². The van der Waals surface area contributed by atoms with Gasteiger partial charge in [-0.3, -0.25) is 0 Å². The van der Waals surface area contributed by atoms with Crippen molar-refractivity contribution in [3.63, 3.8) is 0 Å². The monoisotopic (exact) mass is 342 g/mol. The van der Waals surface area contributed by atoms with E-state index in [1.54, 1.807) is 24.3 Å². The van der Waals surface area contributed by atoms with Crippen LogP contribution in [0.15, 0.2) is 48.5 Å². The molecule has 0 aliphatic rings. The summed E-state index contributed by atoms with van der Waals surface area (Å²) >= 11 is 6.19. The van der Waals surface area contributed by atoms with E-state index in [2.05, 4.69) is 4.72 Å². The third-order valence-corrected chi connectivity index (χ3v) is 5.01. The molecule has 2 rings (SSSR count). The van der Waals surface area contributed by atoms with Crippen LogP contribution in [-0.4, -0.2) is 26.8 Å². The van der Waals surface area contributed by atoms with Crippen LogP contribution in [0.4, 0.5) is 4.39 Å². The highest BCUT2D eigenvalue weighted by atomic mass is 35.5. The van der Waals surface area contributed by atoms with Crippen LogP contribution in [0.3, 0.4) is 0 Å². The van der Waals surface area contributed by atoms with Crippen LogP contribution >= 0.6 is 11.6 Å². The van der Waals surface area contributed by atoms with E-state index in [1.807, 2.05) is 0 Å². The number of nitrogens with zero attached hydrogens (tertiary/aromatic N) is 1. The molecule has 0 spiro atoms. The molecular weight excluding hydrogens is 327 g/mol. The van der Waals surface area contributed by atoms with E-state index in [0.717, 1.165) is 4.31 Å². The van der Waals surface area contributed by atoms with Gasteiger partial charge in [0.25, 0.3) is 10.2 Å². The summed E-state index contributed by atoms with van der Waals surface area (Å²) in [5.41, 5.74) is 1.20. The Bertz CT molecular complexity index is 748. The standard InChI is InChI=1S/C15H16ClFN2O2S/c1-19(2)22(20,21)18-15(11-7-9-12(17)10-8-11)13-5-3-4-6-14(13)16/h3-10,15,18H,1-2H3. The van der Waals surface area contributed by atoms with Crippen molar-refractivity contribution in [3.8, 4) is 0 Å². The molecule has 118 valence electrons. The number of nitrogens with one attached hydrogen (secondary N) is 1. The molecule has 1 N–H and O–H groups in total. The molecule has 1 unspecified atom stereocenters. The van der Waals surface area contributed by atoms with E-state index < -0.39 is 22.1 Å². The molecular formula is C15H16ClFN2O2S. The summed E-state index contributed by atoms with van der Waals surface area (Å²) in [7, 11) is -0.835. The maximum absolute atomic E-state index is 13.1. The average Bonchev–Trinajstić information content (AvgIpc) is 2.46. The van der Waals surface area contributed by atoms with Crippen molar-refractivity contribution in [1.29, 1.82) is 0 Å². The first-order chi connectivity index (χ1) is 10.3. The molecule has 0 amide bonds. The van der Waals surface area contributed by atoms with Crippen LogP contribution in [0.1, 0.15) is 17.2 Å². The van der Waals surface area contributed by atoms with Crippen molar-refractivity contribution in [2.24, 2.45) is 0 Å². The molecule has 0 fully saturated rings. The van der Waals surface area contributed by atoms with Crippen molar-refractivity contribution < 1.29 is 12.8 Å². The van der Waals surface area contributed by atoms with Crippen molar-refractivity contribution in [3.05, 3.63) is 70.5 Å². The first-order valence-corrected chi connectivity index (χ1v) is 8.33. The van der Waals surface area contributed by atoms with Crippen LogP contribution in [0.5, 0.6) is 0 Å². The molecule has 0 saturated heterocycles. The van der Waals surface area contributed by atoms with E-state index in [-0.39, 0.29) is 0 Å². The number of hydrogen-bond donors (Lipinski definition) is 1. The molecule has 0 radical (unpaired) electrons. The van der Waals surface area contributed by atoms with Crippen molar-refractivity contribution in [2.45, 2.75) is 6.04 Å². The maximum atomic E-state index is 13.1. The zero-order valence-corrected chi connectivity index (χ0v) is 13.7. The Labute approximate surface area is 134 Å². The minimum atomic E-state index is -3.69. The quantitative estimate of drug-likeness (QED) is 0.908. The fraction of sp³-hybridized carbons (Fsp3) is 0.200. The second-order valence-corrected chi connectivity index (χ2v) is 7.23. The fourth-order valence-corrected chi connectivity index (χ4v) is 2.95. The topological polar surface area (TPSA) is 49.4 Å². The lowest BCUT2D eigenvalue weighted by molar-refractivity contribution is 0.498. The van der Waals surface area contributed by atoms with Gasteiger partial charge in [-0.2, -0.15) is 17.4 Å². The van der Waals surface area contributed by atoms with Crippen LogP contribution < -0.4 is 4.72 Å². The highest BCUT2D eigenvalue weighted by Gasteiger charge is 2.24. The zero-order valence-electron chi connectivity index (χ0n) is 12.1. The van der Waals surface area contributed by atoms with Gasteiger partial charge >= 0.3 is 0 Å². The molecule has 0 aliphatic carbocycles. The largest absolute Gasteiger partial charge is 0.279 e. The Morgan fingerprint density at radius 1 is 1.09 bits per heavy atom. The minimum absolute atomic E-state index is 0.392. The number of hydrogen-bond acceptors (Lipinski definition) is 2. The van der Waals surface area contributed by atoms with Crippen LogP contribution in [-0.2, 0) is 10.2 Å². The molecule has 7 heteroatoms. The number of rotatable bonds is 5. The van der Waals surface area contributed by atoms with Gasteiger partial charge in [0, 0.05) is 19.1 Å². The molecule has 1 atom stereocenters. The van der Waals surface area contributed by atoms with E-state index in [4.69, 9.17) is 11.6 Å². The summed E-state index contributed by atoms with van der Waals surface area (Å²) in [5, 5.41) is 0.429. The van der Waals surface area contributed by atoms with Gasteiger partial charge in [0.05, 0.1) is 6.04 Å². The molecule has 22 heavy (non-hydrogen) atoms. The molecule has 4 nitrogen and oxygen atoms in total. The lowest BCUT2D eigenvalue weighted by atomic mass is 10.00. The summed E-state index contributed by atoms with van der Waals surface area (Å²) in [5.74, 6) is -0.392. The zero-order chi connectivity index (χ0) is 16.3. The molecule has 2 aromatic carbocycles. The number of halogens is 2. The Morgan fingerprint density at radius 3 is 2.23 bits per heavy atom. The third-order valence-electron chi connectivity index (χ3n) is 3.17. The van der Waals surface area contributed by atoms with Gasteiger partial charge in [0.1, 0.15) is 5.82 Å². The molecule has 0 aromatic heterocycles. The van der Waals surface area contributed by atoms with Crippen LogP contribution in [0.25, 0.3) is 0 Å². The third kappa shape index (κ3) is 3.84. The van der Waals surface area contributed by atoms with E-state index >= 15 is 0 Å². The Morgan fingerprint density at radius 2 is 1.68 bits per heavy atom. The van der Waals surface area contributed by atoms with E-state index in [9.17, 15) is 12.8 Å². The maximum Gasteiger partial charge on any atom is 0.279 e. The highest BCUT2D eigenvalue weighted by molar-refractivity contribution is 7.87. The first-order valence-electron chi connectivity index (χ1n) is 6.51. The van der Waals surface area contributed by atoms with Gasteiger partial charge < -0.3 is 0 Å². The van der Waals surface area contributed by atoms with Crippen molar-refractivity contribution >= 4 is 21.8 Å². The van der Waals surface area contributed by atoms with Gasteiger partial charge in [-0.25, -0.2) is 4.39 Å². The second-order valence-electron chi connectivity index (χ2n) is 4.91. The van der Waals surface area contributed by atoms with Gasteiger partial charge in [0.15, 0.2) is 0 Å².